The predicted octanol–water partition coefficient (Wildman–Crippen LogP) is 3.16. The number of hydrogen-bond donors (Lipinski definition) is 1. The van der Waals surface area contributed by atoms with E-state index in [2.05, 4.69) is 11.4 Å². The molecule has 2 aromatic carbocycles. The van der Waals surface area contributed by atoms with Crippen LogP contribution >= 0.6 is 0 Å². The van der Waals surface area contributed by atoms with E-state index in [1.54, 1.807) is 37.3 Å². The Bertz CT molecular complexity index is 977. The maximum Gasteiger partial charge on any atom is 0.247 e. The Hall–Kier alpha value is -2.85. The van der Waals surface area contributed by atoms with Crippen LogP contribution in [0.3, 0.4) is 0 Å². The molecular formula is C20H23N3O3S. The van der Waals surface area contributed by atoms with Crippen molar-refractivity contribution in [2.24, 2.45) is 0 Å². The van der Waals surface area contributed by atoms with Crippen molar-refractivity contribution in [3.05, 3.63) is 59.2 Å². The first kappa shape index (κ1) is 20.5. The fourth-order valence-electron chi connectivity index (χ4n) is 2.78. The van der Waals surface area contributed by atoms with E-state index < -0.39 is 22.0 Å². The van der Waals surface area contributed by atoms with E-state index in [4.69, 9.17) is 5.26 Å². The van der Waals surface area contributed by atoms with Crippen LogP contribution < -0.4 is 9.62 Å². The number of sulfonamides is 1. The molecule has 0 aliphatic rings. The van der Waals surface area contributed by atoms with Gasteiger partial charge in [-0.05, 0) is 55.7 Å². The molecule has 0 radical (unpaired) electrons. The number of carbonyl (C=O) groups is 1. The van der Waals surface area contributed by atoms with E-state index in [0.29, 0.717) is 17.8 Å². The molecule has 0 saturated carbocycles. The lowest BCUT2D eigenvalue weighted by Crippen LogP contribution is -2.45. The molecule has 0 aliphatic carbocycles. The van der Waals surface area contributed by atoms with Crippen LogP contribution in [0.5, 0.6) is 0 Å². The van der Waals surface area contributed by atoms with Gasteiger partial charge in [-0.15, -0.1) is 0 Å². The molecule has 2 aromatic rings. The molecule has 0 fully saturated rings. The van der Waals surface area contributed by atoms with Gasteiger partial charge in [0.25, 0.3) is 0 Å². The molecule has 1 amide bonds. The van der Waals surface area contributed by atoms with Crippen molar-refractivity contribution in [1.29, 1.82) is 5.26 Å². The van der Waals surface area contributed by atoms with Crippen LogP contribution in [0.1, 0.15) is 23.6 Å². The summed E-state index contributed by atoms with van der Waals surface area (Å²) < 4.78 is 26.0. The van der Waals surface area contributed by atoms with Crippen molar-refractivity contribution in [3.63, 3.8) is 0 Å². The number of nitriles is 1. The normalized spacial score (nSPS) is 12.1. The van der Waals surface area contributed by atoms with Crippen molar-refractivity contribution < 1.29 is 13.2 Å². The number of aryl methyl sites for hydroxylation is 2. The van der Waals surface area contributed by atoms with Crippen LogP contribution in [0.2, 0.25) is 0 Å². The average molecular weight is 385 g/mol. The summed E-state index contributed by atoms with van der Waals surface area (Å²) in [5.41, 5.74) is 3.56. The van der Waals surface area contributed by atoms with Gasteiger partial charge in [0.2, 0.25) is 15.9 Å². The molecule has 6 nitrogen and oxygen atoms in total. The molecule has 2 rings (SSSR count). The molecule has 0 aliphatic heterocycles. The van der Waals surface area contributed by atoms with Gasteiger partial charge < -0.3 is 5.32 Å². The molecular weight excluding hydrogens is 362 g/mol. The van der Waals surface area contributed by atoms with E-state index >= 15 is 0 Å². The molecule has 1 unspecified atom stereocenters. The first-order valence-electron chi connectivity index (χ1n) is 8.47. The zero-order valence-electron chi connectivity index (χ0n) is 15.9. The summed E-state index contributed by atoms with van der Waals surface area (Å²) in [4.78, 5) is 12.7. The lowest BCUT2D eigenvalue weighted by atomic mass is 10.1. The summed E-state index contributed by atoms with van der Waals surface area (Å²) in [5, 5.41) is 11.5. The quantitative estimate of drug-likeness (QED) is 0.827. The molecule has 0 bridgehead atoms. The van der Waals surface area contributed by atoms with E-state index in [0.717, 1.165) is 27.3 Å². The Labute approximate surface area is 160 Å². The van der Waals surface area contributed by atoms with E-state index in [1.165, 1.54) is 0 Å². The zero-order valence-corrected chi connectivity index (χ0v) is 16.7. The monoisotopic (exact) mass is 385 g/mol. The van der Waals surface area contributed by atoms with Gasteiger partial charge >= 0.3 is 0 Å². The van der Waals surface area contributed by atoms with Crippen molar-refractivity contribution in [1.82, 2.24) is 0 Å². The zero-order chi connectivity index (χ0) is 20.2. The molecule has 7 heteroatoms. The number of rotatable bonds is 6. The van der Waals surface area contributed by atoms with Crippen LogP contribution in [0, 0.1) is 25.2 Å². The van der Waals surface area contributed by atoms with Crippen LogP contribution in [0.15, 0.2) is 42.5 Å². The van der Waals surface area contributed by atoms with Gasteiger partial charge in [-0.1, -0.05) is 24.3 Å². The maximum atomic E-state index is 12.7. The second-order valence-electron chi connectivity index (χ2n) is 6.55. The largest absolute Gasteiger partial charge is 0.324 e. The second-order valence-corrected chi connectivity index (χ2v) is 8.41. The molecule has 142 valence electrons. The van der Waals surface area contributed by atoms with Gasteiger partial charge in [-0.2, -0.15) is 5.26 Å². The summed E-state index contributed by atoms with van der Waals surface area (Å²) in [5.74, 6) is -0.436. The Morgan fingerprint density at radius 3 is 2.37 bits per heavy atom. The van der Waals surface area contributed by atoms with Crippen LogP contribution in [0.4, 0.5) is 11.4 Å². The minimum atomic E-state index is -3.67. The molecule has 0 saturated heterocycles. The molecule has 0 aromatic heterocycles. The van der Waals surface area contributed by atoms with Crippen molar-refractivity contribution in [2.75, 3.05) is 15.9 Å². The van der Waals surface area contributed by atoms with E-state index in [9.17, 15) is 13.2 Å². The fourth-order valence-corrected chi connectivity index (χ4v) is 4.01. The summed E-state index contributed by atoms with van der Waals surface area (Å²) in [7, 11) is -3.67. The van der Waals surface area contributed by atoms with Gasteiger partial charge in [0, 0.05) is 5.69 Å². The summed E-state index contributed by atoms with van der Waals surface area (Å²) in [6, 6.07) is 13.5. The van der Waals surface area contributed by atoms with Crippen LogP contribution in [-0.4, -0.2) is 26.6 Å². The topological polar surface area (TPSA) is 90.3 Å². The van der Waals surface area contributed by atoms with Gasteiger partial charge in [0.1, 0.15) is 6.04 Å². The highest BCUT2D eigenvalue weighted by Gasteiger charge is 2.30. The number of hydrogen-bond acceptors (Lipinski definition) is 4. The number of nitrogens with one attached hydrogen (secondary N) is 1. The lowest BCUT2D eigenvalue weighted by Gasteiger charge is -2.29. The van der Waals surface area contributed by atoms with Gasteiger partial charge in [-0.3, -0.25) is 9.10 Å². The first-order valence-corrected chi connectivity index (χ1v) is 10.3. The van der Waals surface area contributed by atoms with Gasteiger partial charge in [0.15, 0.2) is 0 Å². The molecule has 0 heterocycles. The Balaban J connectivity index is 2.30. The highest BCUT2D eigenvalue weighted by Crippen LogP contribution is 2.26. The number of nitrogens with zero attached hydrogens (tertiary/aromatic N) is 2. The summed E-state index contributed by atoms with van der Waals surface area (Å²) >= 11 is 0. The van der Waals surface area contributed by atoms with Crippen molar-refractivity contribution in [2.45, 2.75) is 33.2 Å². The summed E-state index contributed by atoms with van der Waals surface area (Å²) in [6.45, 7) is 5.24. The third-order valence-electron chi connectivity index (χ3n) is 4.20. The third kappa shape index (κ3) is 5.08. The van der Waals surface area contributed by atoms with Crippen LogP contribution in [0.25, 0.3) is 0 Å². The smallest absolute Gasteiger partial charge is 0.247 e. The molecule has 0 spiro atoms. The standard InChI is InChI=1S/C20H23N3O3S/c1-14-5-6-15(2)19(13-14)23(27(4,25)26)16(3)20(24)22-18-9-7-17(8-10-18)11-12-21/h5-10,13,16H,11H2,1-4H3,(H,22,24). The predicted molar refractivity (Wildman–Crippen MR) is 107 cm³/mol. The highest BCUT2D eigenvalue weighted by molar-refractivity contribution is 7.92. The molecule has 1 N–H and O–H groups in total. The Kier molecular flexibility index (Phi) is 6.24. The Morgan fingerprint density at radius 1 is 1.19 bits per heavy atom. The Morgan fingerprint density at radius 2 is 1.81 bits per heavy atom. The minimum absolute atomic E-state index is 0.291. The fraction of sp³-hybridized carbons (Fsp3) is 0.300. The van der Waals surface area contributed by atoms with Gasteiger partial charge in [-0.25, -0.2) is 8.42 Å². The van der Waals surface area contributed by atoms with E-state index in [-0.39, 0.29) is 0 Å². The molecule has 1 atom stereocenters. The average Bonchev–Trinajstić information content (AvgIpc) is 2.59. The number of benzene rings is 2. The van der Waals surface area contributed by atoms with Gasteiger partial charge in [0.05, 0.1) is 24.4 Å². The van der Waals surface area contributed by atoms with Crippen molar-refractivity contribution in [3.8, 4) is 6.07 Å². The van der Waals surface area contributed by atoms with Crippen molar-refractivity contribution >= 4 is 27.3 Å². The van der Waals surface area contributed by atoms with E-state index in [1.807, 2.05) is 26.0 Å². The maximum absolute atomic E-state index is 12.7. The highest BCUT2D eigenvalue weighted by atomic mass is 32.2. The number of carbonyl (C=O) groups excluding carboxylic acids is 1. The number of amides is 1. The third-order valence-corrected chi connectivity index (χ3v) is 5.42. The van der Waals surface area contributed by atoms with Crippen LogP contribution in [-0.2, 0) is 21.2 Å². The SMILES string of the molecule is Cc1ccc(C)c(N(C(C)C(=O)Nc2ccc(CC#N)cc2)S(C)(=O)=O)c1. The first-order chi connectivity index (χ1) is 12.6. The second kappa shape index (κ2) is 8.23. The lowest BCUT2D eigenvalue weighted by molar-refractivity contribution is -0.116. The molecule has 27 heavy (non-hydrogen) atoms. The number of anilines is 2. The minimum Gasteiger partial charge on any atom is -0.324 e. The summed E-state index contributed by atoms with van der Waals surface area (Å²) in [6.07, 6.45) is 1.38.